The van der Waals surface area contributed by atoms with Crippen molar-refractivity contribution < 1.29 is 13.2 Å². The molecule has 2 rings (SSSR count). The van der Waals surface area contributed by atoms with Gasteiger partial charge < -0.3 is 5.32 Å². The third kappa shape index (κ3) is 3.40. The molecule has 1 aromatic carbocycles. The van der Waals surface area contributed by atoms with Crippen LogP contribution in [0.3, 0.4) is 0 Å². The number of benzene rings is 1. The lowest BCUT2D eigenvalue weighted by molar-refractivity contribution is -0.137. The first kappa shape index (κ1) is 16.3. The lowest BCUT2D eigenvalue weighted by Crippen LogP contribution is -2.50. The third-order valence-electron chi connectivity index (χ3n) is 4.46. The van der Waals surface area contributed by atoms with Crippen LogP contribution in [0.5, 0.6) is 0 Å². The molecule has 1 unspecified atom stereocenters. The van der Waals surface area contributed by atoms with Gasteiger partial charge in [0.15, 0.2) is 0 Å². The van der Waals surface area contributed by atoms with Crippen molar-refractivity contribution in [1.29, 1.82) is 0 Å². The fourth-order valence-electron chi connectivity index (χ4n) is 3.30. The Hall–Kier alpha value is -1.07. The minimum atomic E-state index is -4.30. The predicted octanol–water partition coefficient (Wildman–Crippen LogP) is 3.84. The van der Waals surface area contributed by atoms with Crippen LogP contribution in [0.2, 0.25) is 0 Å². The van der Waals surface area contributed by atoms with E-state index in [-0.39, 0.29) is 11.6 Å². The Morgan fingerprint density at radius 1 is 1.14 bits per heavy atom. The molecular weight excluding hydrogens is 277 g/mol. The molecule has 2 nitrogen and oxygen atoms in total. The fourth-order valence-corrected chi connectivity index (χ4v) is 3.30. The second-order valence-electron chi connectivity index (χ2n) is 6.19. The number of likely N-dealkylation sites (tertiary alicyclic amines) is 1. The van der Waals surface area contributed by atoms with Crippen molar-refractivity contribution >= 4 is 0 Å². The molecule has 118 valence electrons. The molecule has 1 heterocycles. The summed E-state index contributed by atoms with van der Waals surface area (Å²) >= 11 is 0. The van der Waals surface area contributed by atoms with Crippen LogP contribution in [0.15, 0.2) is 24.3 Å². The molecule has 1 aliphatic heterocycles. The highest BCUT2D eigenvalue weighted by atomic mass is 19.4. The third-order valence-corrected chi connectivity index (χ3v) is 4.46. The largest absolute Gasteiger partial charge is 0.416 e. The van der Waals surface area contributed by atoms with Gasteiger partial charge in [-0.05, 0) is 64.5 Å². The first-order valence-corrected chi connectivity index (χ1v) is 7.36. The summed E-state index contributed by atoms with van der Waals surface area (Å²) in [7, 11) is 1.81. The van der Waals surface area contributed by atoms with Gasteiger partial charge in [-0.25, -0.2) is 0 Å². The lowest BCUT2D eigenvalue weighted by Gasteiger charge is -2.42. The van der Waals surface area contributed by atoms with E-state index in [2.05, 4.69) is 24.1 Å². The molecular formula is C16H23F3N2. The summed E-state index contributed by atoms with van der Waals surface area (Å²) in [5.41, 5.74) is -0.128. The zero-order valence-corrected chi connectivity index (χ0v) is 12.8. The van der Waals surface area contributed by atoms with Crippen LogP contribution in [0, 0.1) is 0 Å². The average Bonchev–Trinajstić information content (AvgIpc) is 2.93. The number of nitrogens with one attached hydrogen (secondary N) is 1. The summed E-state index contributed by atoms with van der Waals surface area (Å²) in [6, 6.07) is 5.51. The monoisotopic (exact) mass is 300 g/mol. The number of likely N-dealkylation sites (N-methyl/N-ethyl adjacent to an activating group) is 1. The fraction of sp³-hybridized carbons (Fsp3) is 0.625. The van der Waals surface area contributed by atoms with E-state index >= 15 is 0 Å². The van der Waals surface area contributed by atoms with E-state index in [1.165, 1.54) is 12.1 Å². The molecule has 1 fully saturated rings. The second-order valence-corrected chi connectivity index (χ2v) is 6.19. The van der Waals surface area contributed by atoms with Crippen molar-refractivity contribution in [2.45, 2.75) is 44.4 Å². The summed E-state index contributed by atoms with van der Waals surface area (Å²) in [4.78, 5) is 2.36. The van der Waals surface area contributed by atoms with Gasteiger partial charge in [0.05, 0.1) is 5.56 Å². The van der Waals surface area contributed by atoms with Crippen LogP contribution in [-0.4, -0.2) is 30.6 Å². The maximum Gasteiger partial charge on any atom is 0.416 e. The quantitative estimate of drug-likeness (QED) is 0.909. The van der Waals surface area contributed by atoms with Gasteiger partial charge in [-0.3, -0.25) is 4.90 Å². The highest BCUT2D eigenvalue weighted by Gasteiger charge is 2.38. The van der Waals surface area contributed by atoms with E-state index < -0.39 is 11.7 Å². The van der Waals surface area contributed by atoms with Crippen LogP contribution < -0.4 is 5.32 Å². The molecule has 1 atom stereocenters. The second kappa shape index (κ2) is 5.97. The van der Waals surface area contributed by atoms with Crippen molar-refractivity contribution in [2.75, 3.05) is 20.1 Å². The number of hydrogen-bond donors (Lipinski definition) is 1. The first-order chi connectivity index (χ1) is 9.76. The van der Waals surface area contributed by atoms with Gasteiger partial charge in [0.25, 0.3) is 0 Å². The normalized spacial score (nSPS) is 19.0. The van der Waals surface area contributed by atoms with Gasteiger partial charge in [-0.1, -0.05) is 12.1 Å². The van der Waals surface area contributed by atoms with E-state index in [4.69, 9.17) is 0 Å². The summed E-state index contributed by atoms with van der Waals surface area (Å²) in [5.74, 6) is 0. The standard InChI is InChI=1S/C16H23F3N2/c1-15(2,21-9-4-5-10-21)14(20-3)12-7-6-8-13(11-12)16(17,18)19/h6-8,11,14,20H,4-5,9-10H2,1-3H3. The van der Waals surface area contributed by atoms with Gasteiger partial charge >= 0.3 is 6.18 Å². The zero-order valence-electron chi connectivity index (χ0n) is 12.8. The SMILES string of the molecule is CNC(c1cccc(C(F)(F)F)c1)C(C)(C)N1CCCC1. The molecule has 21 heavy (non-hydrogen) atoms. The van der Waals surface area contributed by atoms with Crippen molar-refractivity contribution in [2.24, 2.45) is 0 Å². The highest BCUT2D eigenvalue weighted by Crippen LogP contribution is 2.36. The Bertz CT molecular complexity index is 477. The van der Waals surface area contributed by atoms with Gasteiger partial charge in [0.1, 0.15) is 0 Å². The number of rotatable bonds is 4. The Kier molecular flexibility index (Phi) is 4.63. The Morgan fingerprint density at radius 3 is 2.29 bits per heavy atom. The number of hydrogen-bond acceptors (Lipinski definition) is 2. The van der Waals surface area contributed by atoms with Crippen LogP contribution in [-0.2, 0) is 6.18 Å². The van der Waals surface area contributed by atoms with Crippen molar-refractivity contribution in [1.82, 2.24) is 10.2 Å². The first-order valence-electron chi connectivity index (χ1n) is 7.36. The molecule has 0 aromatic heterocycles. The van der Waals surface area contributed by atoms with E-state index in [1.807, 2.05) is 7.05 Å². The molecule has 1 aromatic rings. The van der Waals surface area contributed by atoms with E-state index in [1.54, 1.807) is 6.07 Å². The maximum absolute atomic E-state index is 12.9. The van der Waals surface area contributed by atoms with E-state index in [9.17, 15) is 13.2 Å². The summed E-state index contributed by atoms with van der Waals surface area (Å²) in [5, 5.41) is 3.21. The van der Waals surface area contributed by atoms with Gasteiger partial charge in [-0.2, -0.15) is 13.2 Å². The smallest absolute Gasteiger partial charge is 0.311 e. The Morgan fingerprint density at radius 2 is 1.76 bits per heavy atom. The summed E-state index contributed by atoms with van der Waals surface area (Å²) < 4.78 is 38.7. The molecule has 0 radical (unpaired) electrons. The number of halogens is 3. The van der Waals surface area contributed by atoms with E-state index in [0.717, 1.165) is 32.0 Å². The molecule has 0 aliphatic carbocycles. The van der Waals surface area contributed by atoms with Crippen LogP contribution >= 0.6 is 0 Å². The minimum absolute atomic E-state index is 0.141. The lowest BCUT2D eigenvalue weighted by atomic mass is 9.86. The number of nitrogens with zero attached hydrogens (tertiary/aromatic N) is 1. The minimum Gasteiger partial charge on any atom is -0.311 e. The molecule has 1 N–H and O–H groups in total. The van der Waals surface area contributed by atoms with Gasteiger partial charge in [-0.15, -0.1) is 0 Å². The molecule has 1 aliphatic rings. The zero-order chi connectivity index (χ0) is 15.7. The Labute approximate surface area is 124 Å². The van der Waals surface area contributed by atoms with Crippen LogP contribution in [0.4, 0.5) is 13.2 Å². The van der Waals surface area contributed by atoms with Crippen LogP contribution in [0.25, 0.3) is 0 Å². The summed E-state index contributed by atoms with van der Waals surface area (Å²) in [6.07, 6.45) is -1.99. The predicted molar refractivity (Wildman–Crippen MR) is 78.1 cm³/mol. The highest BCUT2D eigenvalue weighted by molar-refractivity contribution is 5.30. The summed E-state index contributed by atoms with van der Waals surface area (Å²) in [6.45, 7) is 6.20. The number of alkyl halides is 3. The molecule has 5 heteroatoms. The molecule has 0 amide bonds. The molecule has 0 saturated carbocycles. The van der Waals surface area contributed by atoms with Crippen molar-refractivity contribution in [3.63, 3.8) is 0 Å². The van der Waals surface area contributed by atoms with Crippen LogP contribution in [0.1, 0.15) is 43.9 Å². The Balaban J connectivity index is 2.32. The molecule has 0 spiro atoms. The van der Waals surface area contributed by atoms with Gasteiger partial charge in [0.2, 0.25) is 0 Å². The van der Waals surface area contributed by atoms with Gasteiger partial charge in [0, 0.05) is 11.6 Å². The van der Waals surface area contributed by atoms with Crippen molar-refractivity contribution in [3.8, 4) is 0 Å². The molecule has 0 bridgehead atoms. The van der Waals surface area contributed by atoms with E-state index in [0.29, 0.717) is 5.56 Å². The maximum atomic E-state index is 12.9. The van der Waals surface area contributed by atoms with Crippen molar-refractivity contribution in [3.05, 3.63) is 35.4 Å². The average molecular weight is 300 g/mol. The topological polar surface area (TPSA) is 15.3 Å². The molecule has 1 saturated heterocycles.